The van der Waals surface area contributed by atoms with E-state index in [4.69, 9.17) is 4.74 Å². The number of hydrogen-bond acceptors (Lipinski definition) is 6. The van der Waals surface area contributed by atoms with Crippen LogP contribution in [0.1, 0.15) is 20.3 Å². The predicted molar refractivity (Wildman–Crippen MR) is 106 cm³/mol. The molecule has 2 aromatic heterocycles. The molecule has 148 valence electrons. The summed E-state index contributed by atoms with van der Waals surface area (Å²) >= 11 is 0. The van der Waals surface area contributed by atoms with Crippen LogP contribution in [0.25, 0.3) is 17.0 Å². The third kappa shape index (κ3) is 4.13. The number of anilines is 1. The highest BCUT2D eigenvalue weighted by Crippen LogP contribution is 2.21. The molecule has 4 rings (SSSR count). The molecule has 0 bridgehead atoms. The van der Waals surface area contributed by atoms with Gasteiger partial charge in [0.1, 0.15) is 11.6 Å². The van der Waals surface area contributed by atoms with Crippen LogP contribution in [0, 0.1) is 5.82 Å². The fraction of sp³-hybridized carbons (Fsp3) is 0.450. The quantitative estimate of drug-likeness (QED) is 0.659. The fourth-order valence-electron chi connectivity index (χ4n) is 3.68. The molecule has 1 aromatic carbocycles. The summed E-state index contributed by atoms with van der Waals surface area (Å²) in [6.45, 7) is 8.00. The maximum atomic E-state index is 14.1. The summed E-state index contributed by atoms with van der Waals surface area (Å²) in [7, 11) is 0. The van der Waals surface area contributed by atoms with Crippen molar-refractivity contribution in [3.8, 4) is 11.4 Å². The number of ether oxygens (including phenoxy) is 1. The molecule has 3 aromatic rings. The zero-order valence-corrected chi connectivity index (χ0v) is 16.2. The lowest BCUT2D eigenvalue weighted by Gasteiger charge is -2.35. The second-order valence-electron chi connectivity index (χ2n) is 7.29. The van der Waals surface area contributed by atoms with E-state index in [-0.39, 0.29) is 18.0 Å². The van der Waals surface area contributed by atoms with Crippen LogP contribution in [0.2, 0.25) is 0 Å². The van der Waals surface area contributed by atoms with E-state index in [0.717, 1.165) is 32.6 Å². The summed E-state index contributed by atoms with van der Waals surface area (Å²) in [6, 6.07) is 10.2. The number of halogens is 1. The number of nitrogens with zero attached hydrogens (tertiary/aromatic N) is 5. The van der Waals surface area contributed by atoms with E-state index in [2.05, 4.69) is 39.4 Å². The first-order chi connectivity index (χ1) is 13.6. The van der Waals surface area contributed by atoms with Crippen molar-refractivity contribution in [2.75, 3.05) is 31.5 Å². The molecule has 28 heavy (non-hydrogen) atoms. The van der Waals surface area contributed by atoms with Crippen LogP contribution in [0.5, 0.6) is 0 Å². The largest absolute Gasteiger partial charge is 0.373 e. The van der Waals surface area contributed by atoms with Gasteiger partial charge in [-0.15, -0.1) is 15.3 Å². The molecule has 1 fully saturated rings. The van der Waals surface area contributed by atoms with E-state index in [1.165, 1.54) is 6.07 Å². The summed E-state index contributed by atoms with van der Waals surface area (Å²) < 4.78 is 21.5. The summed E-state index contributed by atoms with van der Waals surface area (Å²) in [4.78, 5) is 2.44. The Bertz CT molecular complexity index is 935. The second kappa shape index (κ2) is 8.20. The lowest BCUT2D eigenvalue weighted by molar-refractivity contribution is -0.0678. The van der Waals surface area contributed by atoms with E-state index in [0.29, 0.717) is 22.9 Å². The molecule has 2 unspecified atom stereocenters. The molecule has 0 saturated carbocycles. The van der Waals surface area contributed by atoms with Crippen molar-refractivity contribution in [2.45, 2.75) is 32.5 Å². The van der Waals surface area contributed by atoms with Crippen molar-refractivity contribution in [1.29, 1.82) is 0 Å². The van der Waals surface area contributed by atoms with Crippen molar-refractivity contribution < 1.29 is 9.13 Å². The van der Waals surface area contributed by atoms with Crippen LogP contribution in [0.4, 0.5) is 10.2 Å². The van der Waals surface area contributed by atoms with Gasteiger partial charge in [0.25, 0.3) is 0 Å². The molecule has 1 saturated heterocycles. The molecular weight excluding hydrogens is 359 g/mol. The molecule has 7 nitrogen and oxygen atoms in total. The van der Waals surface area contributed by atoms with Gasteiger partial charge in [-0.05, 0) is 44.5 Å². The number of morpholine rings is 1. The van der Waals surface area contributed by atoms with Gasteiger partial charge in [-0.1, -0.05) is 12.1 Å². The van der Waals surface area contributed by atoms with Gasteiger partial charge in [-0.3, -0.25) is 4.90 Å². The predicted octanol–water partition coefficient (Wildman–Crippen LogP) is 2.84. The van der Waals surface area contributed by atoms with Gasteiger partial charge in [-0.25, -0.2) is 4.39 Å². The standard InChI is InChI=1S/C20H25FN6O/c1-14-12-26(13-15(2)28-14)11-5-10-22-18-8-9-19-23-24-20(27(19)25-18)16-6-3-4-7-17(16)21/h3-4,6-9,14-15H,5,10-13H2,1-2H3,(H,22,25). The van der Waals surface area contributed by atoms with E-state index in [9.17, 15) is 4.39 Å². The number of fused-ring (bicyclic) bond motifs is 1. The highest BCUT2D eigenvalue weighted by molar-refractivity contribution is 5.60. The Hall–Kier alpha value is -2.58. The number of nitrogens with one attached hydrogen (secondary N) is 1. The highest BCUT2D eigenvalue weighted by atomic mass is 19.1. The van der Waals surface area contributed by atoms with Gasteiger partial charge in [0.05, 0.1) is 17.8 Å². The number of aromatic nitrogens is 4. The minimum absolute atomic E-state index is 0.284. The average molecular weight is 384 g/mol. The highest BCUT2D eigenvalue weighted by Gasteiger charge is 2.21. The first-order valence-electron chi connectivity index (χ1n) is 9.69. The van der Waals surface area contributed by atoms with Crippen LogP contribution in [0.15, 0.2) is 36.4 Å². The second-order valence-corrected chi connectivity index (χ2v) is 7.29. The molecule has 0 aliphatic carbocycles. The third-order valence-corrected chi connectivity index (χ3v) is 4.83. The van der Waals surface area contributed by atoms with E-state index in [1.54, 1.807) is 22.7 Å². The Labute approximate surface area is 163 Å². The lowest BCUT2D eigenvalue weighted by Crippen LogP contribution is -2.45. The number of rotatable bonds is 6. The van der Waals surface area contributed by atoms with Crippen LogP contribution >= 0.6 is 0 Å². The summed E-state index contributed by atoms with van der Waals surface area (Å²) in [5.74, 6) is 0.771. The van der Waals surface area contributed by atoms with Gasteiger partial charge < -0.3 is 10.1 Å². The maximum Gasteiger partial charge on any atom is 0.188 e. The van der Waals surface area contributed by atoms with Crippen LogP contribution in [-0.4, -0.2) is 63.1 Å². The van der Waals surface area contributed by atoms with Gasteiger partial charge >= 0.3 is 0 Å². The minimum Gasteiger partial charge on any atom is -0.373 e. The molecule has 1 aliphatic heterocycles. The van der Waals surface area contributed by atoms with E-state index < -0.39 is 0 Å². The average Bonchev–Trinajstić information content (AvgIpc) is 3.08. The molecule has 2 atom stereocenters. The summed E-state index contributed by atoms with van der Waals surface area (Å²) in [6.07, 6.45) is 1.57. The Morgan fingerprint density at radius 3 is 2.68 bits per heavy atom. The Morgan fingerprint density at radius 2 is 1.89 bits per heavy atom. The lowest BCUT2D eigenvalue weighted by atomic mass is 10.2. The van der Waals surface area contributed by atoms with Crippen molar-refractivity contribution in [3.05, 3.63) is 42.2 Å². The maximum absolute atomic E-state index is 14.1. The van der Waals surface area contributed by atoms with E-state index >= 15 is 0 Å². The van der Waals surface area contributed by atoms with Crippen LogP contribution in [0.3, 0.4) is 0 Å². The van der Waals surface area contributed by atoms with Gasteiger partial charge in [0.2, 0.25) is 0 Å². The molecular formula is C20H25FN6O. The van der Waals surface area contributed by atoms with Crippen molar-refractivity contribution in [2.24, 2.45) is 0 Å². The molecule has 0 amide bonds. The molecule has 1 aliphatic rings. The normalized spacial score (nSPS) is 20.5. The van der Waals surface area contributed by atoms with Gasteiger partial charge in [-0.2, -0.15) is 4.52 Å². The fourth-order valence-corrected chi connectivity index (χ4v) is 3.68. The van der Waals surface area contributed by atoms with Gasteiger partial charge in [0.15, 0.2) is 11.5 Å². The Morgan fingerprint density at radius 1 is 1.11 bits per heavy atom. The molecule has 1 N–H and O–H groups in total. The smallest absolute Gasteiger partial charge is 0.188 e. The SMILES string of the molecule is CC1CN(CCCNc2ccc3nnc(-c4ccccc4F)n3n2)CC(C)O1. The number of hydrogen-bond donors (Lipinski definition) is 1. The summed E-state index contributed by atoms with van der Waals surface area (Å²) in [5, 5.41) is 16.1. The van der Waals surface area contributed by atoms with Crippen molar-refractivity contribution in [3.63, 3.8) is 0 Å². The zero-order chi connectivity index (χ0) is 19.5. The van der Waals surface area contributed by atoms with Crippen LogP contribution < -0.4 is 5.32 Å². The molecule has 0 radical (unpaired) electrons. The molecule has 3 heterocycles. The molecule has 0 spiro atoms. The topological polar surface area (TPSA) is 67.6 Å². The number of benzene rings is 1. The van der Waals surface area contributed by atoms with Crippen molar-refractivity contribution in [1.82, 2.24) is 24.7 Å². The zero-order valence-electron chi connectivity index (χ0n) is 16.2. The van der Waals surface area contributed by atoms with E-state index in [1.807, 2.05) is 12.1 Å². The first-order valence-corrected chi connectivity index (χ1v) is 9.69. The Balaban J connectivity index is 1.40. The van der Waals surface area contributed by atoms with Crippen LogP contribution in [-0.2, 0) is 4.74 Å². The van der Waals surface area contributed by atoms with Crippen molar-refractivity contribution >= 4 is 11.5 Å². The summed E-state index contributed by atoms with van der Waals surface area (Å²) in [5.41, 5.74) is 0.968. The molecule has 8 heteroatoms. The minimum atomic E-state index is -0.342. The monoisotopic (exact) mass is 384 g/mol. The Kier molecular flexibility index (Phi) is 5.50. The first kappa shape index (κ1) is 18.8. The van der Waals surface area contributed by atoms with Gasteiger partial charge in [0, 0.05) is 26.2 Å². The third-order valence-electron chi connectivity index (χ3n) is 4.83.